The fraction of sp³-hybridized carbons (Fsp3) is 0.900. The Morgan fingerprint density at radius 1 is 1.44 bits per heavy atom. The van der Waals surface area contributed by atoms with Crippen molar-refractivity contribution in [3.05, 3.63) is 0 Å². The molecule has 4 nitrogen and oxygen atoms in total. The number of rotatable bonds is 4. The van der Waals surface area contributed by atoms with Crippen LogP contribution in [0.5, 0.6) is 0 Å². The van der Waals surface area contributed by atoms with Gasteiger partial charge in [0, 0.05) is 16.7 Å². The van der Waals surface area contributed by atoms with Gasteiger partial charge < -0.3 is 0 Å². The molecule has 0 amide bonds. The second-order valence-corrected chi connectivity index (χ2v) is 8.36. The molecule has 0 aromatic rings. The van der Waals surface area contributed by atoms with Crippen LogP contribution in [0.25, 0.3) is 0 Å². The molecule has 1 aliphatic rings. The molecule has 1 fully saturated rings. The molecule has 0 radical (unpaired) electrons. The van der Waals surface area contributed by atoms with Crippen molar-refractivity contribution in [2.75, 3.05) is 5.75 Å². The SMILES string of the molecule is CC1CCC(C(=O)CSS(=O)(=O)O)C1(C)C. The molecule has 0 aromatic carbocycles. The van der Waals surface area contributed by atoms with Crippen molar-refractivity contribution in [1.29, 1.82) is 0 Å². The monoisotopic (exact) mass is 266 g/mol. The number of hydrogen-bond acceptors (Lipinski definition) is 4. The summed E-state index contributed by atoms with van der Waals surface area (Å²) in [6.45, 7) is 6.21. The predicted octanol–water partition coefficient (Wildman–Crippen LogP) is 2.16. The fourth-order valence-electron chi connectivity index (χ4n) is 2.31. The predicted molar refractivity (Wildman–Crippen MR) is 64.7 cm³/mol. The molecule has 0 heterocycles. The first-order valence-corrected chi connectivity index (χ1v) is 8.23. The summed E-state index contributed by atoms with van der Waals surface area (Å²) in [7, 11) is -3.79. The zero-order valence-electron chi connectivity index (χ0n) is 9.76. The minimum absolute atomic E-state index is 0.0722. The van der Waals surface area contributed by atoms with Gasteiger partial charge in [-0.25, -0.2) is 0 Å². The first-order chi connectivity index (χ1) is 7.14. The van der Waals surface area contributed by atoms with Crippen LogP contribution < -0.4 is 0 Å². The largest absolute Gasteiger partial charge is 0.320 e. The minimum atomic E-state index is -4.10. The Morgan fingerprint density at radius 2 is 2.00 bits per heavy atom. The third-order valence-electron chi connectivity index (χ3n) is 3.80. The quantitative estimate of drug-likeness (QED) is 0.623. The van der Waals surface area contributed by atoms with Gasteiger partial charge in [-0.3, -0.25) is 9.35 Å². The highest BCUT2D eigenvalue weighted by molar-refractivity contribution is 8.70. The van der Waals surface area contributed by atoms with E-state index in [2.05, 4.69) is 6.92 Å². The molecule has 0 spiro atoms. The molecule has 1 rings (SSSR count). The summed E-state index contributed by atoms with van der Waals surface area (Å²) >= 11 is 0. The molecule has 16 heavy (non-hydrogen) atoms. The van der Waals surface area contributed by atoms with E-state index < -0.39 is 9.15 Å². The van der Waals surface area contributed by atoms with Crippen molar-refractivity contribution < 1.29 is 17.8 Å². The average Bonchev–Trinajstić information content (AvgIpc) is 2.37. The normalized spacial score (nSPS) is 29.2. The zero-order valence-corrected chi connectivity index (χ0v) is 11.4. The molecule has 0 aliphatic heterocycles. The smallest absolute Gasteiger partial charge is 0.298 e. The molecule has 0 saturated heterocycles. The van der Waals surface area contributed by atoms with Gasteiger partial charge in [0.05, 0.1) is 5.75 Å². The zero-order chi connectivity index (χ0) is 12.6. The lowest BCUT2D eigenvalue weighted by Gasteiger charge is -2.30. The Hall–Kier alpha value is -0.0700. The van der Waals surface area contributed by atoms with Crippen molar-refractivity contribution in [3.8, 4) is 0 Å². The lowest BCUT2D eigenvalue weighted by Crippen LogP contribution is -2.30. The van der Waals surface area contributed by atoms with Gasteiger partial charge in [-0.2, -0.15) is 8.42 Å². The molecular weight excluding hydrogens is 248 g/mol. The van der Waals surface area contributed by atoms with Crippen molar-refractivity contribution in [1.82, 2.24) is 0 Å². The molecular formula is C10H18O4S2. The first-order valence-electron chi connectivity index (χ1n) is 5.29. The van der Waals surface area contributed by atoms with E-state index >= 15 is 0 Å². The standard InChI is InChI=1S/C10H18O4S2/c1-7-4-5-8(10(7,2)3)9(11)6-15-16(12,13)14/h7-8H,4-6H2,1-3H3,(H,12,13,14). The number of carbonyl (C=O) groups is 1. The molecule has 1 aliphatic carbocycles. The van der Waals surface area contributed by atoms with Crippen molar-refractivity contribution >= 4 is 25.7 Å². The fourth-order valence-corrected chi connectivity index (χ4v) is 3.57. The Morgan fingerprint density at radius 3 is 2.38 bits per heavy atom. The van der Waals surface area contributed by atoms with Gasteiger partial charge in [0.25, 0.3) is 0 Å². The Balaban J connectivity index is 2.63. The lowest BCUT2D eigenvalue weighted by atomic mass is 9.75. The van der Waals surface area contributed by atoms with E-state index in [4.69, 9.17) is 4.55 Å². The van der Waals surface area contributed by atoms with Crippen LogP contribution in [0.4, 0.5) is 0 Å². The third kappa shape index (κ3) is 3.21. The number of hydrogen-bond donors (Lipinski definition) is 1. The maximum atomic E-state index is 11.9. The third-order valence-corrected chi connectivity index (χ3v) is 5.74. The van der Waals surface area contributed by atoms with Gasteiger partial charge >= 0.3 is 9.15 Å². The van der Waals surface area contributed by atoms with E-state index in [9.17, 15) is 13.2 Å². The van der Waals surface area contributed by atoms with Crippen LogP contribution in [-0.2, 0) is 13.9 Å². The van der Waals surface area contributed by atoms with E-state index in [1.165, 1.54) is 0 Å². The summed E-state index contributed by atoms with van der Waals surface area (Å²) < 4.78 is 29.7. The highest BCUT2D eigenvalue weighted by Gasteiger charge is 2.44. The minimum Gasteiger partial charge on any atom is -0.298 e. The van der Waals surface area contributed by atoms with E-state index in [-0.39, 0.29) is 22.9 Å². The van der Waals surface area contributed by atoms with E-state index in [1.54, 1.807) is 0 Å². The average molecular weight is 266 g/mol. The van der Waals surface area contributed by atoms with Gasteiger partial charge in [0.15, 0.2) is 0 Å². The molecule has 6 heteroatoms. The first kappa shape index (κ1) is 14.0. The molecule has 1 saturated carbocycles. The summed E-state index contributed by atoms with van der Waals surface area (Å²) in [5.74, 6) is 0.158. The lowest BCUT2D eigenvalue weighted by molar-refractivity contribution is -0.123. The van der Waals surface area contributed by atoms with E-state index in [0.29, 0.717) is 16.7 Å². The molecule has 2 unspecified atom stereocenters. The number of Topliss-reactive ketones (excluding diaryl/α,β-unsaturated/α-hetero) is 1. The van der Waals surface area contributed by atoms with Crippen LogP contribution in [0.3, 0.4) is 0 Å². The van der Waals surface area contributed by atoms with Gasteiger partial charge in [-0.05, 0) is 24.2 Å². The Bertz CT molecular complexity index is 372. The number of carbonyl (C=O) groups excluding carboxylic acids is 1. The molecule has 94 valence electrons. The molecule has 1 N–H and O–H groups in total. The van der Waals surface area contributed by atoms with Crippen LogP contribution >= 0.6 is 10.8 Å². The van der Waals surface area contributed by atoms with Gasteiger partial charge in [0.2, 0.25) is 0 Å². The van der Waals surface area contributed by atoms with Crippen LogP contribution in [0, 0.1) is 17.3 Å². The molecule has 0 bridgehead atoms. The van der Waals surface area contributed by atoms with Crippen LogP contribution in [0.2, 0.25) is 0 Å². The maximum Gasteiger partial charge on any atom is 0.320 e. The second-order valence-electron chi connectivity index (χ2n) is 5.01. The Kier molecular flexibility index (Phi) is 4.08. The summed E-state index contributed by atoms with van der Waals surface area (Å²) in [6, 6.07) is 0. The summed E-state index contributed by atoms with van der Waals surface area (Å²) in [5, 5.41) is 0. The van der Waals surface area contributed by atoms with E-state index in [1.807, 2.05) is 13.8 Å². The van der Waals surface area contributed by atoms with E-state index in [0.717, 1.165) is 12.8 Å². The highest BCUT2D eigenvalue weighted by atomic mass is 33.1. The molecule has 2 atom stereocenters. The summed E-state index contributed by atoms with van der Waals surface area (Å²) in [5.41, 5.74) is -0.0726. The van der Waals surface area contributed by atoms with Gasteiger partial charge in [-0.15, -0.1) is 0 Å². The summed E-state index contributed by atoms with van der Waals surface area (Å²) in [4.78, 5) is 11.9. The van der Waals surface area contributed by atoms with Crippen LogP contribution in [0.1, 0.15) is 33.6 Å². The van der Waals surface area contributed by atoms with Gasteiger partial charge in [-0.1, -0.05) is 20.8 Å². The molecule has 0 aromatic heterocycles. The van der Waals surface area contributed by atoms with Crippen molar-refractivity contribution in [2.45, 2.75) is 33.6 Å². The topological polar surface area (TPSA) is 71.4 Å². The number of ketones is 1. The maximum absolute atomic E-state index is 11.9. The van der Waals surface area contributed by atoms with Gasteiger partial charge in [0.1, 0.15) is 5.78 Å². The van der Waals surface area contributed by atoms with Crippen LogP contribution in [-0.4, -0.2) is 24.5 Å². The Labute approximate surface area is 100 Å². The highest BCUT2D eigenvalue weighted by Crippen LogP contribution is 2.47. The second kappa shape index (κ2) is 4.66. The van der Waals surface area contributed by atoms with Crippen molar-refractivity contribution in [3.63, 3.8) is 0 Å². The summed E-state index contributed by atoms with van der Waals surface area (Å²) in [6.07, 6.45) is 1.82. The van der Waals surface area contributed by atoms with Crippen molar-refractivity contribution in [2.24, 2.45) is 17.3 Å². The van der Waals surface area contributed by atoms with Crippen LogP contribution in [0.15, 0.2) is 0 Å².